The van der Waals surface area contributed by atoms with Gasteiger partial charge >= 0.3 is 0 Å². The molecule has 11 saturated heterocycles. The molecule has 0 aromatic rings. The van der Waals surface area contributed by atoms with Crippen molar-refractivity contribution in [3.05, 3.63) is 0 Å². The number of rotatable bonds is 4. The summed E-state index contributed by atoms with van der Waals surface area (Å²) in [4.78, 5) is 0. The molecule has 11 heterocycles. The van der Waals surface area contributed by atoms with E-state index in [-0.39, 0.29) is 0 Å². The summed E-state index contributed by atoms with van der Waals surface area (Å²) < 4.78 is 41.9. The second-order valence-corrected chi connectivity index (χ2v) is 16.1. The molecule has 11 fully saturated rings. The van der Waals surface area contributed by atoms with E-state index in [2.05, 4.69) is 0 Å². The van der Waals surface area contributed by atoms with Crippen LogP contribution in [0.3, 0.4) is 0 Å². The number of hydrogen-bond acceptors (Lipinski definition) is 21. The van der Waals surface area contributed by atoms with Crippen molar-refractivity contribution in [2.45, 2.75) is 188 Å². The first kappa shape index (κ1) is 47.9. The fourth-order valence-electron chi connectivity index (χ4n) is 8.68. The Balaban J connectivity index is 0.00000354. The summed E-state index contributed by atoms with van der Waals surface area (Å²) in [5.74, 6) is -2.38. The fourth-order valence-corrected chi connectivity index (χ4v) is 8.68. The molecule has 11 rings (SSSR count). The summed E-state index contributed by atoms with van der Waals surface area (Å²) in [6, 6.07) is 3.15. The molecular weight excluding hydrogens is 764 g/mol. The highest BCUT2D eigenvalue weighted by Gasteiger charge is 2.61. The molecule has 0 aromatic heterocycles. The fraction of sp³-hybridized carbons (Fsp3) is 0.944. The number of nitriles is 2. The lowest BCUT2D eigenvalue weighted by Crippen LogP contribution is -2.71. The van der Waals surface area contributed by atoms with Crippen LogP contribution in [0.4, 0.5) is 0 Å². The average molecular weight is 825 g/mol. The SMILES string of the molecule is CC.CC1C2OC(C(O)C#N)C(OC(C)(C)C3OC(CO)C(OC4OC(C(O)C#N)C(OC(C)(C)C5OC(CO)C1C(O)C5O)C(O)C4O)C(O)C3O)C(O)C2O. The van der Waals surface area contributed by atoms with Gasteiger partial charge in [-0.3, -0.25) is 0 Å². The van der Waals surface area contributed by atoms with Crippen molar-refractivity contribution < 1.29 is 94.4 Å². The number of hydrogen-bond donors (Lipinski definition) is 12. The van der Waals surface area contributed by atoms with Crippen molar-refractivity contribution in [3.63, 3.8) is 0 Å². The quantitative estimate of drug-likeness (QED) is 0.118. The predicted molar refractivity (Wildman–Crippen MR) is 187 cm³/mol. The van der Waals surface area contributed by atoms with Crippen molar-refractivity contribution in [2.75, 3.05) is 13.2 Å². The topological polar surface area (TPSA) is 355 Å². The van der Waals surface area contributed by atoms with E-state index in [1.54, 1.807) is 12.1 Å². The van der Waals surface area contributed by atoms with Crippen molar-refractivity contribution in [1.82, 2.24) is 0 Å². The van der Waals surface area contributed by atoms with Crippen LogP contribution in [0.15, 0.2) is 0 Å². The lowest BCUT2D eigenvalue weighted by atomic mass is 9.72. The van der Waals surface area contributed by atoms with Crippen LogP contribution in [0.2, 0.25) is 0 Å². The first-order valence-corrected chi connectivity index (χ1v) is 19.1. The second-order valence-electron chi connectivity index (χ2n) is 16.1. The van der Waals surface area contributed by atoms with Crippen LogP contribution in [0, 0.1) is 34.5 Å². The van der Waals surface area contributed by atoms with Crippen LogP contribution < -0.4 is 0 Å². The van der Waals surface area contributed by atoms with Crippen LogP contribution in [0.25, 0.3) is 0 Å². The summed E-state index contributed by atoms with van der Waals surface area (Å²) in [6.45, 7) is 9.15. The Hall–Kier alpha value is -1.78. The van der Waals surface area contributed by atoms with Crippen molar-refractivity contribution in [2.24, 2.45) is 11.8 Å². The Bertz CT molecular complexity index is 1390. The van der Waals surface area contributed by atoms with Crippen LogP contribution in [-0.2, 0) is 33.2 Å². The van der Waals surface area contributed by atoms with E-state index in [9.17, 15) is 71.8 Å². The molecule has 328 valence electrons. The Kier molecular flexibility index (Phi) is 15.9. The number of nitrogens with zero attached hydrogens (tertiary/aromatic N) is 2. The summed E-state index contributed by atoms with van der Waals surface area (Å²) in [5, 5.41) is 153. The number of aliphatic hydroxyl groups excluding tert-OH is 12. The minimum atomic E-state index is -2.05. The van der Waals surface area contributed by atoms with Gasteiger partial charge in [-0.15, -0.1) is 0 Å². The van der Waals surface area contributed by atoms with Gasteiger partial charge in [0.05, 0.1) is 54.9 Å². The molecule has 0 saturated carbocycles. The molecule has 11 aliphatic heterocycles. The average Bonchev–Trinajstić information content (AvgIpc) is 3.18. The van der Waals surface area contributed by atoms with Crippen LogP contribution in [0.1, 0.15) is 48.5 Å². The molecule has 0 aliphatic carbocycles. The molecule has 11 aliphatic rings. The van der Waals surface area contributed by atoms with Crippen LogP contribution >= 0.6 is 0 Å². The molecule has 23 unspecified atom stereocenters. The van der Waals surface area contributed by atoms with Gasteiger partial charge in [0, 0.05) is 5.92 Å². The van der Waals surface area contributed by atoms with Crippen LogP contribution in [-0.4, -0.2) is 214 Å². The maximum atomic E-state index is 11.6. The van der Waals surface area contributed by atoms with Gasteiger partial charge in [-0.05, 0) is 33.6 Å². The molecule has 57 heavy (non-hydrogen) atoms. The molecule has 21 heteroatoms. The molecule has 0 aromatic carbocycles. The summed E-state index contributed by atoms with van der Waals surface area (Å²) in [5.41, 5.74) is -3.60. The van der Waals surface area contributed by atoms with Gasteiger partial charge in [-0.2, -0.15) is 10.5 Å². The van der Waals surface area contributed by atoms with Crippen molar-refractivity contribution in [3.8, 4) is 12.1 Å². The van der Waals surface area contributed by atoms with E-state index in [0.717, 1.165) is 0 Å². The molecule has 0 radical (unpaired) electrons. The summed E-state index contributed by atoms with van der Waals surface area (Å²) >= 11 is 0. The Morgan fingerprint density at radius 2 is 0.930 bits per heavy atom. The molecular formula is C36H60N2O19. The second kappa shape index (κ2) is 18.9. The van der Waals surface area contributed by atoms with Gasteiger partial charge in [0.25, 0.3) is 0 Å². The molecule has 8 bridgehead atoms. The summed E-state index contributed by atoms with van der Waals surface area (Å²) in [7, 11) is 0. The first-order chi connectivity index (χ1) is 26.7. The molecule has 12 N–H and O–H groups in total. The first-order valence-electron chi connectivity index (χ1n) is 19.1. The zero-order valence-electron chi connectivity index (χ0n) is 32.8. The standard InChI is InChI=1S/C34H54N2O19.C2H6/c1-10-15-13(8-37)49-30(21(46)16(15)41)33(2,3)55-29-20(45)23(48)32(52-26(29)12(40)7-36)53-27-14(9-38)50-31(22(47)19(27)44)34(4,5)54-28-18(43)17(42)24(10)51-25(28)11(39)6-35;1-2/h10-32,37-48H,8-9H2,1-5H3;1-2H3. The zero-order chi connectivity index (χ0) is 43.1. The van der Waals surface area contributed by atoms with Gasteiger partial charge in [0.2, 0.25) is 0 Å². The number of aliphatic hydroxyl groups is 12. The van der Waals surface area contributed by atoms with Gasteiger partial charge in [-0.25, -0.2) is 0 Å². The van der Waals surface area contributed by atoms with Crippen molar-refractivity contribution >= 4 is 0 Å². The third-order valence-corrected chi connectivity index (χ3v) is 11.6. The highest BCUT2D eigenvalue weighted by atomic mass is 16.7. The Morgan fingerprint density at radius 1 is 0.526 bits per heavy atom. The highest BCUT2D eigenvalue weighted by molar-refractivity contribution is 5.09. The molecule has 0 amide bonds. The molecule has 0 spiro atoms. The zero-order valence-corrected chi connectivity index (χ0v) is 32.8. The van der Waals surface area contributed by atoms with E-state index in [1.807, 2.05) is 13.8 Å². The Labute approximate surface area is 330 Å². The summed E-state index contributed by atoms with van der Waals surface area (Å²) in [6.07, 6.45) is -37.6. The Morgan fingerprint density at radius 3 is 1.40 bits per heavy atom. The maximum absolute atomic E-state index is 11.6. The van der Waals surface area contributed by atoms with Gasteiger partial charge in [-0.1, -0.05) is 20.8 Å². The van der Waals surface area contributed by atoms with Crippen molar-refractivity contribution in [1.29, 1.82) is 10.5 Å². The van der Waals surface area contributed by atoms with Gasteiger partial charge in [0.1, 0.15) is 91.6 Å². The van der Waals surface area contributed by atoms with E-state index in [0.29, 0.717) is 0 Å². The lowest BCUT2D eigenvalue weighted by Gasteiger charge is -2.55. The monoisotopic (exact) mass is 824 g/mol. The molecule has 21 nitrogen and oxygen atoms in total. The minimum Gasteiger partial charge on any atom is -0.394 e. The lowest BCUT2D eigenvalue weighted by molar-refractivity contribution is -0.370. The van der Waals surface area contributed by atoms with Gasteiger partial charge in [0.15, 0.2) is 18.5 Å². The predicted octanol–water partition coefficient (Wildman–Crippen LogP) is -5.34. The van der Waals surface area contributed by atoms with E-state index in [1.165, 1.54) is 34.6 Å². The van der Waals surface area contributed by atoms with Crippen LogP contribution in [0.5, 0.6) is 0 Å². The van der Waals surface area contributed by atoms with Gasteiger partial charge < -0.3 is 94.4 Å². The smallest absolute Gasteiger partial charge is 0.187 e. The third-order valence-electron chi connectivity index (χ3n) is 11.6. The normalized spacial score (nSPS) is 49.6. The number of ether oxygens (including phenoxy) is 7. The van der Waals surface area contributed by atoms with E-state index < -0.39 is 165 Å². The molecule has 23 atom stereocenters. The third kappa shape index (κ3) is 8.99. The van der Waals surface area contributed by atoms with E-state index >= 15 is 0 Å². The van der Waals surface area contributed by atoms with E-state index in [4.69, 9.17) is 33.2 Å². The maximum Gasteiger partial charge on any atom is 0.187 e. The highest BCUT2D eigenvalue weighted by Crippen LogP contribution is 2.44. The minimum absolute atomic E-state index is 0.783. The largest absolute Gasteiger partial charge is 0.394 e.